The van der Waals surface area contributed by atoms with Crippen LogP contribution in [0.4, 0.5) is 33.7 Å². The Balaban J connectivity index is 1.26. The van der Waals surface area contributed by atoms with Crippen LogP contribution < -0.4 is 20.3 Å². The predicted molar refractivity (Wildman–Crippen MR) is 128 cm³/mol. The quantitative estimate of drug-likeness (QED) is 0.256. The van der Waals surface area contributed by atoms with Gasteiger partial charge in [-0.1, -0.05) is 12.1 Å². The molecular weight excluding hydrogens is 497 g/mol. The van der Waals surface area contributed by atoms with Crippen LogP contribution in [0.3, 0.4) is 0 Å². The smallest absolute Gasteiger partial charge is 0.257 e. The molecule has 1 aliphatic rings. The van der Waals surface area contributed by atoms with E-state index in [1.54, 1.807) is 0 Å². The van der Waals surface area contributed by atoms with Gasteiger partial charge in [0.1, 0.15) is 5.82 Å². The van der Waals surface area contributed by atoms with Crippen molar-refractivity contribution in [1.82, 2.24) is 15.3 Å². The lowest BCUT2D eigenvalue weighted by Gasteiger charge is -2.29. The molecule has 1 saturated carbocycles. The molecule has 1 amide bonds. The van der Waals surface area contributed by atoms with Crippen molar-refractivity contribution in [2.45, 2.75) is 31.7 Å². The van der Waals surface area contributed by atoms with E-state index in [0.29, 0.717) is 12.5 Å². The van der Waals surface area contributed by atoms with Crippen molar-refractivity contribution in [2.24, 2.45) is 5.92 Å². The number of para-hydroxylation sites is 1. The average molecular weight is 524 g/mol. The number of hydrogen-bond acceptors (Lipinski definition) is 6. The molecule has 2 aromatic carbocycles. The molecule has 198 valence electrons. The van der Waals surface area contributed by atoms with Gasteiger partial charge in [-0.2, -0.15) is 13.8 Å². The standard InChI is InChI=1S/C25H26F5N5O2/c1-35(2)24-15-5-3-4-6-16(15)33-25(34-24)32-14-9-7-13(8-10-14)11-31-17(36)12-37-23-21(29)19(27)18(26)20(28)22(23)30/h3-6,13-14H,7-12H2,1-2H3,(H,31,36)(H,32,33,34). The Hall–Kier alpha value is -3.70. The van der Waals surface area contributed by atoms with E-state index in [2.05, 4.69) is 25.3 Å². The molecule has 2 N–H and O–H groups in total. The molecule has 4 rings (SSSR count). The van der Waals surface area contributed by atoms with Gasteiger partial charge >= 0.3 is 0 Å². The molecular formula is C25H26F5N5O2. The minimum absolute atomic E-state index is 0.153. The van der Waals surface area contributed by atoms with E-state index in [1.807, 2.05) is 43.3 Å². The van der Waals surface area contributed by atoms with Crippen LogP contribution in [0, 0.1) is 35.0 Å². The first-order valence-electron chi connectivity index (χ1n) is 11.8. The van der Waals surface area contributed by atoms with Gasteiger partial charge < -0.3 is 20.3 Å². The number of rotatable bonds is 8. The van der Waals surface area contributed by atoms with Crippen molar-refractivity contribution >= 4 is 28.6 Å². The number of aromatic nitrogens is 2. The maximum Gasteiger partial charge on any atom is 0.257 e. The lowest BCUT2D eigenvalue weighted by molar-refractivity contribution is -0.123. The van der Waals surface area contributed by atoms with Gasteiger partial charge in [-0.05, 0) is 43.7 Å². The van der Waals surface area contributed by atoms with E-state index >= 15 is 0 Å². The number of anilines is 2. The highest BCUT2D eigenvalue weighted by Gasteiger charge is 2.28. The Morgan fingerprint density at radius 3 is 2.22 bits per heavy atom. The number of halogens is 5. The molecule has 3 aromatic rings. The maximum absolute atomic E-state index is 13.7. The maximum atomic E-state index is 13.7. The monoisotopic (exact) mass is 523 g/mol. The summed E-state index contributed by atoms with van der Waals surface area (Å²) in [7, 11) is 3.85. The summed E-state index contributed by atoms with van der Waals surface area (Å²) in [6, 6.07) is 7.93. The highest BCUT2D eigenvalue weighted by atomic mass is 19.2. The summed E-state index contributed by atoms with van der Waals surface area (Å²) in [5, 5.41) is 6.95. The minimum Gasteiger partial charge on any atom is -0.477 e. The molecule has 1 aliphatic carbocycles. The zero-order valence-electron chi connectivity index (χ0n) is 20.3. The van der Waals surface area contributed by atoms with Gasteiger partial charge in [0.05, 0.1) is 5.52 Å². The van der Waals surface area contributed by atoms with Crippen molar-refractivity contribution in [2.75, 3.05) is 37.5 Å². The van der Waals surface area contributed by atoms with Gasteiger partial charge in [0.2, 0.25) is 35.0 Å². The fourth-order valence-electron chi connectivity index (χ4n) is 4.32. The van der Waals surface area contributed by atoms with Gasteiger partial charge in [0, 0.05) is 32.1 Å². The van der Waals surface area contributed by atoms with Crippen LogP contribution >= 0.6 is 0 Å². The zero-order chi connectivity index (χ0) is 26.7. The third kappa shape index (κ3) is 5.83. The van der Waals surface area contributed by atoms with E-state index in [4.69, 9.17) is 0 Å². The molecule has 1 aromatic heterocycles. The second kappa shape index (κ2) is 11.1. The van der Waals surface area contributed by atoms with Crippen molar-refractivity contribution in [3.63, 3.8) is 0 Å². The number of benzene rings is 2. The number of ether oxygens (including phenoxy) is 1. The third-order valence-electron chi connectivity index (χ3n) is 6.29. The second-order valence-electron chi connectivity index (χ2n) is 9.14. The molecule has 1 fully saturated rings. The number of nitrogens with zero attached hydrogens (tertiary/aromatic N) is 3. The molecule has 0 spiro atoms. The number of hydrogen-bond donors (Lipinski definition) is 2. The topological polar surface area (TPSA) is 79.4 Å². The fraction of sp³-hybridized carbons (Fsp3) is 0.400. The van der Waals surface area contributed by atoms with Gasteiger partial charge in [-0.3, -0.25) is 4.79 Å². The third-order valence-corrected chi connectivity index (χ3v) is 6.29. The van der Waals surface area contributed by atoms with Gasteiger partial charge in [0.15, 0.2) is 12.4 Å². The molecule has 0 radical (unpaired) electrons. The van der Waals surface area contributed by atoms with E-state index < -0.39 is 47.3 Å². The van der Waals surface area contributed by atoms with Crippen LogP contribution in [0.1, 0.15) is 25.7 Å². The van der Waals surface area contributed by atoms with Crippen LogP contribution in [0.15, 0.2) is 24.3 Å². The van der Waals surface area contributed by atoms with Crippen molar-refractivity contribution in [3.05, 3.63) is 53.4 Å². The summed E-state index contributed by atoms with van der Waals surface area (Å²) in [5.41, 5.74) is 0.841. The molecule has 0 unspecified atom stereocenters. The molecule has 0 atom stereocenters. The second-order valence-corrected chi connectivity index (χ2v) is 9.14. The van der Waals surface area contributed by atoms with Crippen LogP contribution in [0.5, 0.6) is 5.75 Å². The summed E-state index contributed by atoms with van der Waals surface area (Å²) in [6.07, 6.45) is 3.22. The lowest BCUT2D eigenvalue weighted by atomic mass is 9.86. The van der Waals surface area contributed by atoms with E-state index in [1.165, 1.54) is 0 Å². The van der Waals surface area contributed by atoms with Crippen molar-refractivity contribution < 1.29 is 31.5 Å². The summed E-state index contributed by atoms with van der Waals surface area (Å²) < 4.78 is 71.5. The van der Waals surface area contributed by atoms with Crippen molar-refractivity contribution in [3.8, 4) is 5.75 Å². The molecule has 0 aliphatic heterocycles. The highest BCUT2D eigenvalue weighted by Crippen LogP contribution is 2.30. The largest absolute Gasteiger partial charge is 0.477 e. The Morgan fingerprint density at radius 2 is 1.57 bits per heavy atom. The number of carbonyl (C=O) groups excluding carboxylic acids is 1. The first-order chi connectivity index (χ1) is 17.7. The Kier molecular flexibility index (Phi) is 7.94. The first kappa shape index (κ1) is 26.4. The molecule has 7 nitrogen and oxygen atoms in total. The van der Waals surface area contributed by atoms with Gasteiger partial charge in [0.25, 0.3) is 5.91 Å². The molecule has 0 bridgehead atoms. The Morgan fingerprint density at radius 1 is 0.946 bits per heavy atom. The molecule has 1 heterocycles. The number of fused-ring (bicyclic) bond motifs is 1. The Bertz CT molecular complexity index is 1270. The molecule has 37 heavy (non-hydrogen) atoms. The summed E-state index contributed by atoms with van der Waals surface area (Å²) in [4.78, 5) is 23.3. The first-order valence-corrected chi connectivity index (χ1v) is 11.8. The van der Waals surface area contributed by atoms with Crippen LogP contribution in [0.25, 0.3) is 10.9 Å². The van der Waals surface area contributed by atoms with Gasteiger partial charge in [-0.15, -0.1) is 0 Å². The highest BCUT2D eigenvalue weighted by molar-refractivity contribution is 5.90. The zero-order valence-corrected chi connectivity index (χ0v) is 20.3. The normalized spacial score (nSPS) is 17.5. The predicted octanol–water partition coefficient (Wildman–Crippen LogP) is 4.56. The molecule has 0 saturated heterocycles. The average Bonchev–Trinajstić information content (AvgIpc) is 2.89. The number of amides is 1. The van der Waals surface area contributed by atoms with E-state index in [9.17, 15) is 26.7 Å². The summed E-state index contributed by atoms with van der Waals surface area (Å²) in [6.45, 7) is -0.591. The minimum atomic E-state index is -2.29. The summed E-state index contributed by atoms with van der Waals surface area (Å²) >= 11 is 0. The summed E-state index contributed by atoms with van der Waals surface area (Å²) in [5.74, 6) is -11.5. The van der Waals surface area contributed by atoms with E-state index in [-0.39, 0.29) is 12.0 Å². The van der Waals surface area contributed by atoms with Crippen molar-refractivity contribution in [1.29, 1.82) is 0 Å². The van der Waals surface area contributed by atoms with E-state index in [0.717, 1.165) is 42.4 Å². The van der Waals surface area contributed by atoms with Crippen LogP contribution in [-0.2, 0) is 4.79 Å². The van der Waals surface area contributed by atoms with Crippen LogP contribution in [0.2, 0.25) is 0 Å². The number of nitrogens with one attached hydrogen (secondary N) is 2. The lowest BCUT2D eigenvalue weighted by Crippen LogP contribution is -2.36. The van der Waals surface area contributed by atoms with Gasteiger partial charge in [-0.25, -0.2) is 18.2 Å². The molecule has 12 heteroatoms. The van der Waals surface area contributed by atoms with Crippen LogP contribution in [-0.4, -0.2) is 49.2 Å². The number of carbonyl (C=O) groups is 1. The SMILES string of the molecule is CN(C)c1nc(NC2CCC(CNC(=O)COc3c(F)c(F)c(F)c(F)c3F)CC2)nc2ccccc12. The fourth-order valence-corrected chi connectivity index (χ4v) is 4.32. The Labute approximate surface area is 210 Å².